The van der Waals surface area contributed by atoms with Gasteiger partial charge in [0.15, 0.2) is 0 Å². The molecule has 7 nitrogen and oxygen atoms in total. The molecule has 1 heterocycles. The molecule has 0 aliphatic rings. The molecule has 15 heavy (non-hydrogen) atoms. The highest BCUT2D eigenvalue weighted by atomic mass is 16.5. The normalized spacial score (nSPS) is 10.1. The summed E-state index contributed by atoms with van der Waals surface area (Å²) in [5.74, 6) is 1.19. The van der Waals surface area contributed by atoms with Gasteiger partial charge in [-0.05, 0) is 0 Å². The number of rotatable bonds is 5. The van der Waals surface area contributed by atoms with Gasteiger partial charge in [-0.2, -0.15) is 15.0 Å². The first kappa shape index (κ1) is 11.4. The van der Waals surface area contributed by atoms with Gasteiger partial charge in [0.1, 0.15) is 0 Å². The van der Waals surface area contributed by atoms with Crippen LogP contribution in [0.4, 0.5) is 17.8 Å². The summed E-state index contributed by atoms with van der Waals surface area (Å²) in [6, 6.07) is 0. The van der Waals surface area contributed by atoms with Gasteiger partial charge < -0.3 is 20.7 Å². The predicted molar refractivity (Wildman–Crippen MR) is 58.9 cm³/mol. The number of nitrogens with one attached hydrogen (secondary N) is 1. The van der Waals surface area contributed by atoms with Gasteiger partial charge in [0.25, 0.3) is 0 Å². The lowest BCUT2D eigenvalue weighted by Crippen LogP contribution is -2.17. The molecule has 0 atom stereocenters. The fraction of sp³-hybridized carbons (Fsp3) is 0.625. The zero-order valence-corrected chi connectivity index (χ0v) is 9.19. The minimum Gasteiger partial charge on any atom is -0.383 e. The minimum atomic E-state index is 0.202. The topological polar surface area (TPSA) is 89.2 Å². The third-order valence-corrected chi connectivity index (χ3v) is 1.63. The summed E-state index contributed by atoms with van der Waals surface area (Å²) >= 11 is 0. The van der Waals surface area contributed by atoms with Crippen LogP contribution in [0.3, 0.4) is 0 Å². The predicted octanol–water partition coefficient (Wildman–Crippen LogP) is -0.422. The second-order valence-electron chi connectivity index (χ2n) is 3.13. The average molecular weight is 212 g/mol. The van der Waals surface area contributed by atoms with Gasteiger partial charge >= 0.3 is 0 Å². The third kappa shape index (κ3) is 3.55. The molecule has 0 aromatic carbocycles. The molecule has 0 saturated heterocycles. The summed E-state index contributed by atoms with van der Waals surface area (Å²) in [5, 5.41) is 2.99. The Balaban J connectivity index is 2.71. The highest BCUT2D eigenvalue weighted by molar-refractivity contribution is 5.40. The molecule has 0 radical (unpaired) electrons. The number of anilines is 3. The second kappa shape index (κ2) is 5.30. The van der Waals surface area contributed by atoms with E-state index in [0.29, 0.717) is 25.0 Å². The lowest BCUT2D eigenvalue weighted by Gasteiger charge is -2.11. The van der Waals surface area contributed by atoms with Crippen molar-refractivity contribution >= 4 is 17.8 Å². The van der Waals surface area contributed by atoms with Gasteiger partial charge in [-0.25, -0.2) is 0 Å². The summed E-state index contributed by atoms with van der Waals surface area (Å²) in [7, 11) is 5.32. The molecule has 1 rings (SSSR count). The van der Waals surface area contributed by atoms with E-state index < -0.39 is 0 Å². The van der Waals surface area contributed by atoms with Crippen molar-refractivity contribution in [3.63, 3.8) is 0 Å². The van der Waals surface area contributed by atoms with Crippen LogP contribution in [0.2, 0.25) is 0 Å². The van der Waals surface area contributed by atoms with Gasteiger partial charge in [0.2, 0.25) is 17.8 Å². The van der Waals surface area contributed by atoms with Crippen LogP contribution in [0.15, 0.2) is 0 Å². The summed E-state index contributed by atoms with van der Waals surface area (Å²) in [4.78, 5) is 13.8. The van der Waals surface area contributed by atoms with Crippen LogP contribution < -0.4 is 16.0 Å². The van der Waals surface area contributed by atoms with Gasteiger partial charge in [-0.15, -0.1) is 0 Å². The fourth-order valence-electron chi connectivity index (χ4n) is 0.925. The molecule has 0 unspecified atom stereocenters. The Kier molecular flexibility index (Phi) is 4.04. The number of hydrogen-bond donors (Lipinski definition) is 2. The Hall–Kier alpha value is -1.63. The van der Waals surface area contributed by atoms with Crippen molar-refractivity contribution in [2.24, 2.45) is 0 Å². The molecule has 1 aromatic heterocycles. The highest BCUT2D eigenvalue weighted by Crippen LogP contribution is 2.08. The van der Waals surface area contributed by atoms with Crippen LogP contribution in [-0.4, -0.2) is 49.3 Å². The first-order chi connectivity index (χ1) is 7.13. The first-order valence-corrected chi connectivity index (χ1v) is 4.55. The molecule has 0 amide bonds. The molecule has 0 aliphatic heterocycles. The van der Waals surface area contributed by atoms with E-state index in [9.17, 15) is 0 Å². The monoisotopic (exact) mass is 212 g/mol. The van der Waals surface area contributed by atoms with Crippen LogP contribution in [0.5, 0.6) is 0 Å². The fourth-order valence-corrected chi connectivity index (χ4v) is 0.925. The van der Waals surface area contributed by atoms with Crippen LogP contribution in [-0.2, 0) is 4.74 Å². The Morgan fingerprint density at radius 3 is 2.67 bits per heavy atom. The Labute approximate surface area is 88.7 Å². The van der Waals surface area contributed by atoms with Crippen molar-refractivity contribution in [3.8, 4) is 0 Å². The summed E-state index contributed by atoms with van der Waals surface area (Å²) in [6.07, 6.45) is 0. The maximum Gasteiger partial charge on any atom is 0.231 e. The molecule has 0 saturated carbocycles. The largest absolute Gasteiger partial charge is 0.383 e. The Morgan fingerprint density at radius 1 is 1.33 bits per heavy atom. The van der Waals surface area contributed by atoms with Crippen molar-refractivity contribution in [3.05, 3.63) is 0 Å². The molecule has 84 valence electrons. The highest BCUT2D eigenvalue weighted by Gasteiger charge is 2.04. The molecular formula is C8H16N6O. The molecule has 3 N–H and O–H groups in total. The summed E-state index contributed by atoms with van der Waals surface area (Å²) < 4.78 is 4.90. The van der Waals surface area contributed by atoms with Crippen LogP contribution >= 0.6 is 0 Å². The molecule has 7 heteroatoms. The molecular weight excluding hydrogens is 196 g/mol. The molecule has 0 fully saturated rings. The van der Waals surface area contributed by atoms with Crippen molar-refractivity contribution in [1.82, 2.24) is 15.0 Å². The maximum absolute atomic E-state index is 5.54. The SMILES string of the molecule is COCCNc1nc(N)nc(N(C)C)n1. The lowest BCUT2D eigenvalue weighted by molar-refractivity contribution is 0.210. The van der Waals surface area contributed by atoms with Gasteiger partial charge in [-0.3, -0.25) is 0 Å². The van der Waals surface area contributed by atoms with Crippen LogP contribution in [0.1, 0.15) is 0 Å². The number of nitrogens with zero attached hydrogens (tertiary/aromatic N) is 4. The van der Waals surface area contributed by atoms with Gasteiger partial charge in [0.05, 0.1) is 6.61 Å². The lowest BCUT2D eigenvalue weighted by atomic mass is 10.6. The quantitative estimate of drug-likeness (QED) is 0.640. The number of ether oxygens (including phenoxy) is 1. The number of methoxy groups -OCH3 is 1. The van der Waals surface area contributed by atoms with E-state index in [-0.39, 0.29) is 5.95 Å². The Morgan fingerprint density at radius 2 is 2.07 bits per heavy atom. The number of nitrogen functional groups attached to an aromatic ring is 1. The van der Waals surface area contributed by atoms with Gasteiger partial charge in [-0.1, -0.05) is 0 Å². The van der Waals surface area contributed by atoms with E-state index in [1.165, 1.54) is 0 Å². The minimum absolute atomic E-state index is 0.202. The Bertz CT molecular complexity index is 316. The van der Waals surface area contributed by atoms with Crippen molar-refractivity contribution < 1.29 is 4.74 Å². The molecule has 0 bridgehead atoms. The average Bonchev–Trinajstić information content (AvgIpc) is 2.17. The van der Waals surface area contributed by atoms with Crippen LogP contribution in [0.25, 0.3) is 0 Å². The van der Waals surface area contributed by atoms with Gasteiger partial charge in [0, 0.05) is 27.7 Å². The zero-order chi connectivity index (χ0) is 11.3. The van der Waals surface area contributed by atoms with Crippen LogP contribution in [0, 0.1) is 0 Å². The van der Waals surface area contributed by atoms with E-state index in [1.54, 1.807) is 12.0 Å². The standard InChI is InChI=1S/C8H16N6O/c1-14(2)8-12-6(9)11-7(13-8)10-4-5-15-3/h4-5H2,1-3H3,(H3,9,10,11,12,13). The number of hydrogen-bond acceptors (Lipinski definition) is 7. The van der Waals surface area contributed by atoms with Crippen molar-refractivity contribution in [1.29, 1.82) is 0 Å². The maximum atomic E-state index is 5.54. The second-order valence-corrected chi connectivity index (χ2v) is 3.13. The first-order valence-electron chi connectivity index (χ1n) is 4.55. The van der Waals surface area contributed by atoms with Crippen molar-refractivity contribution in [2.75, 3.05) is 50.3 Å². The smallest absolute Gasteiger partial charge is 0.231 e. The molecule has 1 aromatic rings. The number of nitrogens with two attached hydrogens (primary N) is 1. The van der Waals surface area contributed by atoms with E-state index >= 15 is 0 Å². The summed E-state index contributed by atoms with van der Waals surface area (Å²) in [6.45, 7) is 1.22. The van der Waals surface area contributed by atoms with E-state index in [1.807, 2.05) is 14.1 Å². The summed E-state index contributed by atoms with van der Waals surface area (Å²) in [5.41, 5.74) is 5.54. The van der Waals surface area contributed by atoms with Crippen molar-refractivity contribution in [2.45, 2.75) is 0 Å². The molecule has 0 aliphatic carbocycles. The number of aromatic nitrogens is 3. The van der Waals surface area contributed by atoms with E-state index in [0.717, 1.165) is 0 Å². The third-order valence-electron chi connectivity index (χ3n) is 1.63. The zero-order valence-electron chi connectivity index (χ0n) is 9.19. The van der Waals surface area contributed by atoms with E-state index in [2.05, 4.69) is 20.3 Å². The molecule has 0 spiro atoms. The van der Waals surface area contributed by atoms with E-state index in [4.69, 9.17) is 10.5 Å².